The van der Waals surface area contributed by atoms with Crippen LogP contribution in [-0.2, 0) is 9.53 Å². The van der Waals surface area contributed by atoms with Crippen LogP contribution < -0.4 is 5.32 Å². The standard InChI is InChI=1S/C14H20FNO2S/c1-10(2)16-14(3,13(17)18-4)9-19-12-8-6-5-7-11(12)15/h5-8,10,16H,9H2,1-4H3. The van der Waals surface area contributed by atoms with Gasteiger partial charge in [-0.15, -0.1) is 11.8 Å². The Morgan fingerprint density at radius 3 is 2.63 bits per heavy atom. The molecule has 1 N–H and O–H groups in total. The van der Waals surface area contributed by atoms with Crippen LogP contribution in [0.5, 0.6) is 0 Å². The van der Waals surface area contributed by atoms with Crippen LogP contribution in [0, 0.1) is 5.82 Å². The molecule has 19 heavy (non-hydrogen) atoms. The maximum absolute atomic E-state index is 13.6. The Kier molecular flexibility index (Phi) is 5.82. The summed E-state index contributed by atoms with van der Waals surface area (Å²) in [4.78, 5) is 12.4. The Hall–Kier alpha value is -1.07. The average molecular weight is 285 g/mol. The topological polar surface area (TPSA) is 38.3 Å². The molecule has 0 aliphatic carbocycles. The van der Waals surface area contributed by atoms with Crippen molar-refractivity contribution in [2.75, 3.05) is 12.9 Å². The first-order chi connectivity index (χ1) is 8.89. The normalized spacial score (nSPS) is 14.2. The summed E-state index contributed by atoms with van der Waals surface area (Å²) in [5, 5.41) is 3.18. The number of hydrogen-bond acceptors (Lipinski definition) is 4. The molecule has 0 radical (unpaired) electrons. The highest BCUT2D eigenvalue weighted by Gasteiger charge is 2.35. The van der Waals surface area contributed by atoms with E-state index in [0.29, 0.717) is 10.6 Å². The van der Waals surface area contributed by atoms with Crippen LogP contribution in [0.15, 0.2) is 29.2 Å². The zero-order valence-corrected chi connectivity index (χ0v) is 12.5. The molecule has 0 fully saturated rings. The van der Waals surface area contributed by atoms with Gasteiger partial charge in [-0.25, -0.2) is 4.39 Å². The number of hydrogen-bond donors (Lipinski definition) is 1. The van der Waals surface area contributed by atoms with Crippen LogP contribution in [0.2, 0.25) is 0 Å². The second kappa shape index (κ2) is 6.91. The van der Waals surface area contributed by atoms with E-state index in [4.69, 9.17) is 4.74 Å². The molecule has 0 spiro atoms. The summed E-state index contributed by atoms with van der Waals surface area (Å²) >= 11 is 1.30. The zero-order chi connectivity index (χ0) is 14.5. The number of carbonyl (C=O) groups excluding carboxylic acids is 1. The molecule has 1 aromatic rings. The van der Waals surface area contributed by atoms with Crippen molar-refractivity contribution in [2.45, 2.75) is 37.2 Å². The van der Waals surface area contributed by atoms with Gasteiger partial charge in [0.05, 0.1) is 7.11 Å². The van der Waals surface area contributed by atoms with Gasteiger partial charge >= 0.3 is 5.97 Å². The summed E-state index contributed by atoms with van der Waals surface area (Å²) in [5.74, 6) is -0.215. The van der Waals surface area contributed by atoms with E-state index in [2.05, 4.69) is 5.32 Å². The third-order valence-electron chi connectivity index (χ3n) is 2.60. The van der Waals surface area contributed by atoms with Crippen molar-refractivity contribution in [3.8, 4) is 0 Å². The van der Waals surface area contributed by atoms with E-state index >= 15 is 0 Å². The molecule has 0 saturated carbocycles. The molecule has 3 nitrogen and oxygen atoms in total. The van der Waals surface area contributed by atoms with Crippen LogP contribution in [0.1, 0.15) is 20.8 Å². The maximum Gasteiger partial charge on any atom is 0.326 e. The highest BCUT2D eigenvalue weighted by Crippen LogP contribution is 2.26. The van der Waals surface area contributed by atoms with Crippen molar-refractivity contribution in [1.29, 1.82) is 0 Å². The van der Waals surface area contributed by atoms with Gasteiger partial charge in [-0.1, -0.05) is 12.1 Å². The lowest BCUT2D eigenvalue weighted by Gasteiger charge is -2.29. The minimum Gasteiger partial charge on any atom is -0.468 e. The summed E-state index contributed by atoms with van der Waals surface area (Å²) in [7, 11) is 1.36. The van der Waals surface area contributed by atoms with Crippen molar-refractivity contribution in [2.24, 2.45) is 0 Å². The van der Waals surface area contributed by atoms with Crippen molar-refractivity contribution in [3.05, 3.63) is 30.1 Å². The summed E-state index contributed by atoms with van der Waals surface area (Å²) in [5.41, 5.74) is -0.837. The van der Waals surface area contributed by atoms with Gasteiger partial charge in [-0.05, 0) is 32.9 Å². The molecule has 0 aliphatic rings. The van der Waals surface area contributed by atoms with Crippen LogP contribution in [0.3, 0.4) is 0 Å². The number of carbonyl (C=O) groups is 1. The van der Waals surface area contributed by atoms with Crippen molar-refractivity contribution in [3.63, 3.8) is 0 Å². The Morgan fingerprint density at radius 1 is 1.47 bits per heavy atom. The molecule has 5 heteroatoms. The smallest absolute Gasteiger partial charge is 0.326 e. The van der Waals surface area contributed by atoms with Gasteiger partial charge in [-0.3, -0.25) is 10.1 Å². The second-order valence-electron chi connectivity index (χ2n) is 4.84. The zero-order valence-electron chi connectivity index (χ0n) is 11.7. The molecular weight excluding hydrogens is 265 g/mol. The number of esters is 1. The fourth-order valence-electron chi connectivity index (χ4n) is 1.81. The van der Waals surface area contributed by atoms with Gasteiger partial charge in [0.2, 0.25) is 0 Å². The van der Waals surface area contributed by atoms with Gasteiger partial charge < -0.3 is 4.74 Å². The molecule has 1 aromatic carbocycles. The van der Waals surface area contributed by atoms with Gasteiger partial charge in [0.1, 0.15) is 11.4 Å². The second-order valence-corrected chi connectivity index (χ2v) is 5.86. The molecular formula is C14H20FNO2S. The predicted molar refractivity (Wildman–Crippen MR) is 75.8 cm³/mol. The molecule has 0 heterocycles. The molecule has 1 atom stereocenters. The number of halogens is 1. The SMILES string of the molecule is COC(=O)C(C)(CSc1ccccc1F)NC(C)C. The van der Waals surface area contributed by atoms with E-state index < -0.39 is 5.54 Å². The Labute approximate surface area is 117 Å². The number of methoxy groups -OCH3 is 1. The molecule has 0 aliphatic heterocycles. The number of nitrogens with one attached hydrogen (secondary N) is 1. The lowest BCUT2D eigenvalue weighted by Crippen LogP contribution is -2.54. The summed E-state index contributed by atoms with van der Waals surface area (Å²) in [6.45, 7) is 5.68. The first-order valence-corrected chi connectivity index (χ1v) is 7.11. The molecule has 1 unspecified atom stereocenters. The van der Waals surface area contributed by atoms with E-state index in [1.807, 2.05) is 13.8 Å². The largest absolute Gasteiger partial charge is 0.468 e. The minimum absolute atomic E-state index is 0.130. The lowest BCUT2D eigenvalue weighted by atomic mass is 10.0. The van der Waals surface area contributed by atoms with Gasteiger partial charge in [-0.2, -0.15) is 0 Å². The number of benzene rings is 1. The van der Waals surface area contributed by atoms with Crippen LogP contribution in [0.25, 0.3) is 0 Å². The van der Waals surface area contributed by atoms with Gasteiger partial charge in [0, 0.05) is 16.7 Å². The fraction of sp³-hybridized carbons (Fsp3) is 0.500. The third-order valence-corrected chi connectivity index (χ3v) is 3.96. The highest BCUT2D eigenvalue weighted by atomic mass is 32.2. The van der Waals surface area contributed by atoms with E-state index in [1.54, 1.807) is 25.1 Å². The molecule has 0 saturated heterocycles. The summed E-state index contributed by atoms with van der Waals surface area (Å²) < 4.78 is 18.4. The number of ether oxygens (including phenoxy) is 1. The molecule has 106 valence electrons. The maximum atomic E-state index is 13.6. The van der Waals surface area contributed by atoms with E-state index in [-0.39, 0.29) is 17.8 Å². The average Bonchev–Trinajstić information content (AvgIpc) is 2.36. The van der Waals surface area contributed by atoms with Crippen molar-refractivity contribution < 1.29 is 13.9 Å². The minimum atomic E-state index is -0.837. The van der Waals surface area contributed by atoms with E-state index in [1.165, 1.54) is 24.9 Å². The molecule has 0 bridgehead atoms. The molecule has 0 amide bonds. The fourth-order valence-corrected chi connectivity index (χ4v) is 2.83. The van der Waals surface area contributed by atoms with Gasteiger partial charge in [0.15, 0.2) is 0 Å². The summed E-state index contributed by atoms with van der Waals surface area (Å²) in [6, 6.07) is 6.66. The Bertz CT molecular complexity index is 439. The van der Waals surface area contributed by atoms with Crippen LogP contribution >= 0.6 is 11.8 Å². The molecule has 0 aromatic heterocycles. The third kappa shape index (κ3) is 4.51. The highest BCUT2D eigenvalue weighted by molar-refractivity contribution is 7.99. The Balaban J connectivity index is 2.79. The van der Waals surface area contributed by atoms with E-state index in [0.717, 1.165) is 0 Å². The first-order valence-electron chi connectivity index (χ1n) is 6.12. The van der Waals surface area contributed by atoms with Crippen molar-refractivity contribution >= 4 is 17.7 Å². The van der Waals surface area contributed by atoms with Gasteiger partial charge in [0.25, 0.3) is 0 Å². The quantitative estimate of drug-likeness (QED) is 0.644. The molecule has 1 rings (SSSR count). The monoisotopic (exact) mass is 285 g/mol. The lowest BCUT2D eigenvalue weighted by molar-refractivity contribution is -0.147. The summed E-state index contributed by atoms with van der Waals surface area (Å²) in [6.07, 6.45) is 0. The van der Waals surface area contributed by atoms with E-state index in [9.17, 15) is 9.18 Å². The van der Waals surface area contributed by atoms with Crippen molar-refractivity contribution in [1.82, 2.24) is 5.32 Å². The Morgan fingerprint density at radius 2 is 2.11 bits per heavy atom. The first kappa shape index (κ1) is 16.0. The van der Waals surface area contributed by atoms with Crippen LogP contribution in [0.4, 0.5) is 4.39 Å². The number of rotatable bonds is 6. The number of thioether (sulfide) groups is 1. The predicted octanol–water partition coefficient (Wildman–Crippen LogP) is 2.85. The van der Waals surface area contributed by atoms with Crippen LogP contribution in [-0.4, -0.2) is 30.4 Å².